The Morgan fingerprint density at radius 1 is 0.903 bits per heavy atom. The smallest absolute Gasteiger partial charge is 0.370 e. The van der Waals surface area contributed by atoms with Gasteiger partial charge >= 0.3 is 6.18 Å². The number of hydrogen-bond donors (Lipinski definition) is 4. The third kappa shape index (κ3) is 4.53. The van der Waals surface area contributed by atoms with Crippen LogP contribution >= 0.6 is 0 Å². The highest BCUT2D eigenvalue weighted by Crippen LogP contribution is 2.37. The number of nitrogens with one attached hydrogen (secondary N) is 4. The standard InChI is InChI=1S/C23H18F4N4/c24-17-2-4-18(5-3-17)30-21-7-1-15(11-16(21)13-28)22(23(25,26)27)31-19-6-8-20-14(12-19)9-10-29-20/h1-13,22,28-31H. The second-order valence-electron chi connectivity index (χ2n) is 7.02. The minimum Gasteiger partial charge on any atom is -0.370 e. The fraction of sp³-hybridized carbons (Fsp3) is 0.0870. The van der Waals surface area contributed by atoms with Crippen LogP contribution in [0.2, 0.25) is 0 Å². The molecule has 1 heterocycles. The van der Waals surface area contributed by atoms with Gasteiger partial charge in [-0.3, -0.25) is 0 Å². The highest BCUT2D eigenvalue weighted by molar-refractivity contribution is 5.88. The Kier molecular flexibility index (Phi) is 5.37. The highest BCUT2D eigenvalue weighted by atomic mass is 19.4. The van der Waals surface area contributed by atoms with E-state index in [1.807, 2.05) is 0 Å². The zero-order valence-electron chi connectivity index (χ0n) is 16.1. The molecule has 3 aromatic carbocycles. The van der Waals surface area contributed by atoms with Crippen molar-refractivity contribution in [3.05, 3.63) is 89.9 Å². The van der Waals surface area contributed by atoms with Gasteiger partial charge in [-0.25, -0.2) is 4.39 Å². The molecule has 0 saturated carbocycles. The summed E-state index contributed by atoms with van der Waals surface area (Å²) in [6, 6.07) is 14.5. The van der Waals surface area contributed by atoms with Crippen LogP contribution in [0.4, 0.5) is 34.6 Å². The van der Waals surface area contributed by atoms with Gasteiger partial charge in [0.15, 0.2) is 0 Å². The number of H-pyrrole nitrogens is 1. The van der Waals surface area contributed by atoms with Crippen LogP contribution in [0.5, 0.6) is 0 Å². The number of benzene rings is 3. The molecule has 8 heteroatoms. The first-order valence-electron chi connectivity index (χ1n) is 9.41. The van der Waals surface area contributed by atoms with Crippen LogP contribution in [0, 0.1) is 11.2 Å². The maximum atomic E-state index is 13.9. The van der Waals surface area contributed by atoms with Crippen LogP contribution in [-0.4, -0.2) is 17.4 Å². The van der Waals surface area contributed by atoms with Gasteiger partial charge in [0.05, 0.1) is 0 Å². The van der Waals surface area contributed by atoms with E-state index in [0.717, 1.165) is 17.1 Å². The molecule has 0 saturated heterocycles. The summed E-state index contributed by atoms with van der Waals surface area (Å²) in [7, 11) is 0. The summed E-state index contributed by atoms with van der Waals surface area (Å²) >= 11 is 0. The van der Waals surface area contributed by atoms with Crippen LogP contribution in [0.3, 0.4) is 0 Å². The lowest BCUT2D eigenvalue weighted by Crippen LogP contribution is -2.28. The van der Waals surface area contributed by atoms with Crippen molar-refractivity contribution in [2.75, 3.05) is 10.6 Å². The molecular weight excluding hydrogens is 408 g/mol. The Balaban J connectivity index is 1.64. The maximum absolute atomic E-state index is 13.9. The molecule has 0 aliphatic rings. The summed E-state index contributed by atoms with van der Waals surface area (Å²) < 4.78 is 54.8. The van der Waals surface area contributed by atoms with Gasteiger partial charge in [-0.05, 0) is 66.2 Å². The molecule has 0 aliphatic heterocycles. The predicted molar refractivity (Wildman–Crippen MR) is 115 cm³/mol. The van der Waals surface area contributed by atoms with Crippen molar-refractivity contribution in [2.45, 2.75) is 12.2 Å². The highest BCUT2D eigenvalue weighted by Gasteiger charge is 2.41. The molecule has 0 amide bonds. The Labute approximate surface area is 175 Å². The van der Waals surface area contributed by atoms with E-state index in [2.05, 4.69) is 15.6 Å². The molecule has 0 bridgehead atoms. The molecule has 4 N–H and O–H groups in total. The molecule has 1 atom stereocenters. The van der Waals surface area contributed by atoms with Gasteiger partial charge in [-0.2, -0.15) is 13.2 Å². The van der Waals surface area contributed by atoms with Gasteiger partial charge in [-0.15, -0.1) is 0 Å². The maximum Gasteiger partial charge on any atom is 0.412 e. The Morgan fingerprint density at radius 3 is 2.35 bits per heavy atom. The number of fused-ring (bicyclic) bond motifs is 1. The average Bonchev–Trinajstić information content (AvgIpc) is 3.21. The summed E-state index contributed by atoms with van der Waals surface area (Å²) in [5.74, 6) is -0.398. The molecule has 0 aliphatic carbocycles. The van der Waals surface area contributed by atoms with E-state index in [-0.39, 0.29) is 11.1 Å². The van der Waals surface area contributed by atoms with Gasteiger partial charge in [0.25, 0.3) is 0 Å². The fourth-order valence-electron chi connectivity index (χ4n) is 3.35. The van der Waals surface area contributed by atoms with E-state index in [0.29, 0.717) is 17.1 Å². The lowest BCUT2D eigenvalue weighted by molar-refractivity contribution is -0.144. The monoisotopic (exact) mass is 426 g/mol. The van der Waals surface area contributed by atoms with Crippen molar-refractivity contribution in [3.63, 3.8) is 0 Å². The van der Waals surface area contributed by atoms with Crippen LogP contribution < -0.4 is 10.6 Å². The van der Waals surface area contributed by atoms with Gasteiger partial charge in [0, 0.05) is 45.9 Å². The molecule has 158 valence electrons. The molecule has 4 rings (SSSR count). The van der Waals surface area contributed by atoms with E-state index >= 15 is 0 Å². The van der Waals surface area contributed by atoms with Crippen molar-refractivity contribution >= 4 is 34.2 Å². The Hall–Kier alpha value is -3.81. The first-order chi connectivity index (χ1) is 14.8. The van der Waals surface area contributed by atoms with E-state index in [4.69, 9.17) is 5.41 Å². The van der Waals surface area contributed by atoms with Crippen molar-refractivity contribution in [2.24, 2.45) is 0 Å². The van der Waals surface area contributed by atoms with Crippen molar-refractivity contribution in [1.82, 2.24) is 4.98 Å². The normalized spacial score (nSPS) is 12.5. The minimum absolute atomic E-state index is 0.0233. The summed E-state index contributed by atoms with van der Waals surface area (Å²) in [5, 5.41) is 14.0. The third-order valence-corrected chi connectivity index (χ3v) is 4.88. The Morgan fingerprint density at radius 2 is 1.65 bits per heavy atom. The molecule has 1 aromatic heterocycles. The van der Waals surface area contributed by atoms with Gasteiger partial charge in [0.2, 0.25) is 0 Å². The van der Waals surface area contributed by atoms with Crippen molar-refractivity contribution in [3.8, 4) is 0 Å². The van der Waals surface area contributed by atoms with E-state index in [1.165, 1.54) is 42.5 Å². The molecular formula is C23H18F4N4. The first kappa shape index (κ1) is 20.5. The molecule has 1 unspecified atom stereocenters. The lowest BCUT2D eigenvalue weighted by atomic mass is 10.0. The van der Waals surface area contributed by atoms with Gasteiger partial charge in [-0.1, -0.05) is 6.07 Å². The van der Waals surface area contributed by atoms with Crippen molar-refractivity contribution < 1.29 is 17.6 Å². The van der Waals surface area contributed by atoms with E-state index < -0.39 is 18.0 Å². The van der Waals surface area contributed by atoms with E-state index in [9.17, 15) is 17.6 Å². The Bertz CT molecular complexity index is 1210. The number of hydrogen-bond acceptors (Lipinski definition) is 3. The number of alkyl halides is 3. The topological polar surface area (TPSA) is 63.7 Å². The zero-order valence-corrected chi connectivity index (χ0v) is 16.1. The number of rotatable bonds is 6. The summed E-state index contributed by atoms with van der Waals surface area (Å²) in [5.41, 5.74) is 2.42. The number of aromatic amines is 1. The lowest BCUT2D eigenvalue weighted by Gasteiger charge is -2.24. The number of halogens is 4. The number of aromatic nitrogens is 1. The molecule has 0 spiro atoms. The van der Waals surface area contributed by atoms with Crippen LogP contribution in [0.25, 0.3) is 10.9 Å². The van der Waals surface area contributed by atoms with Crippen LogP contribution in [0.15, 0.2) is 72.9 Å². The fourth-order valence-corrected chi connectivity index (χ4v) is 3.35. The van der Waals surface area contributed by atoms with Gasteiger partial charge < -0.3 is 21.0 Å². The third-order valence-electron chi connectivity index (χ3n) is 4.88. The second kappa shape index (κ2) is 8.14. The molecule has 4 aromatic rings. The predicted octanol–water partition coefficient (Wildman–Crippen LogP) is 6.76. The quantitative estimate of drug-likeness (QED) is 0.203. The first-order valence-corrected chi connectivity index (χ1v) is 9.41. The average molecular weight is 426 g/mol. The molecule has 31 heavy (non-hydrogen) atoms. The number of anilines is 3. The molecule has 0 fully saturated rings. The van der Waals surface area contributed by atoms with E-state index in [1.54, 1.807) is 30.5 Å². The summed E-state index contributed by atoms with van der Waals surface area (Å²) in [4.78, 5) is 3.00. The largest absolute Gasteiger partial charge is 0.412 e. The minimum atomic E-state index is -4.56. The summed E-state index contributed by atoms with van der Waals surface area (Å²) in [6.07, 6.45) is -1.86. The second-order valence-corrected chi connectivity index (χ2v) is 7.02. The molecule has 0 radical (unpaired) electrons. The summed E-state index contributed by atoms with van der Waals surface area (Å²) in [6.45, 7) is 0. The van der Waals surface area contributed by atoms with Crippen LogP contribution in [-0.2, 0) is 0 Å². The zero-order chi connectivity index (χ0) is 22.0. The van der Waals surface area contributed by atoms with Gasteiger partial charge in [0.1, 0.15) is 11.9 Å². The molecule has 4 nitrogen and oxygen atoms in total. The SMILES string of the molecule is N=Cc1cc(C(Nc2ccc3[nH]ccc3c2)C(F)(F)F)ccc1Nc1ccc(F)cc1. The van der Waals surface area contributed by atoms with Crippen LogP contribution in [0.1, 0.15) is 17.2 Å². The van der Waals surface area contributed by atoms with Crippen molar-refractivity contribution in [1.29, 1.82) is 5.41 Å².